The third-order valence-corrected chi connectivity index (χ3v) is 2.43. The SMILES string of the molecule is CN(C(=N)c1ccncc1)c1ccccc1. The standard InChI is InChI=1S/C13H13N3/c1-16(12-5-3-2-4-6-12)13(14)11-7-9-15-10-8-11/h2-10,14H,1H3. The molecule has 0 bridgehead atoms. The van der Waals surface area contributed by atoms with E-state index in [9.17, 15) is 0 Å². The lowest BCUT2D eigenvalue weighted by Crippen LogP contribution is -2.26. The Hall–Kier alpha value is -2.16. The third kappa shape index (κ3) is 2.08. The molecule has 2 rings (SSSR count). The first-order valence-corrected chi connectivity index (χ1v) is 5.07. The first-order valence-electron chi connectivity index (χ1n) is 5.07. The number of pyridine rings is 1. The predicted molar refractivity (Wildman–Crippen MR) is 65.9 cm³/mol. The molecule has 80 valence electrons. The molecular formula is C13H13N3. The Labute approximate surface area is 94.9 Å². The summed E-state index contributed by atoms with van der Waals surface area (Å²) in [5.41, 5.74) is 1.87. The van der Waals surface area contributed by atoms with Gasteiger partial charge in [0.1, 0.15) is 5.84 Å². The summed E-state index contributed by atoms with van der Waals surface area (Å²) in [5, 5.41) is 8.07. The molecule has 3 heteroatoms. The summed E-state index contributed by atoms with van der Waals surface area (Å²) in [7, 11) is 1.89. The van der Waals surface area contributed by atoms with E-state index in [0.717, 1.165) is 11.3 Å². The quantitative estimate of drug-likeness (QED) is 0.612. The lowest BCUT2D eigenvalue weighted by atomic mass is 10.2. The van der Waals surface area contributed by atoms with Gasteiger partial charge in [-0.2, -0.15) is 0 Å². The van der Waals surface area contributed by atoms with Crippen LogP contribution in [0.2, 0.25) is 0 Å². The van der Waals surface area contributed by atoms with Crippen LogP contribution in [0.1, 0.15) is 5.56 Å². The molecule has 1 N–H and O–H groups in total. The highest BCUT2D eigenvalue weighted by atomic mass is 15.1. The molecule has 0 amide bonds. The van der Waals surface area contributed by atoms with Crippen molar-refractivity contribution >= 4 is 11.5 Å². The van der Waals surface area contributed by atoms with Crippen molar-refractivity contribution in [1.29, 1.82) is 5.41 Å². The lowest BCUT2D eigenvalue weighted by molar-refractivity contribution is 1.21. The molecule has 0 aliphatic heterocycles. The van der Waals surface area contributed by atoms with Crippen LogP contribution in [0, 0.1) is 5.41 Å². The van der Waals surface area contributed by atoms with Crippen LogP contribution in [0.15, 0.2) is 54.9 Å². The molecule has 0 unspecified atom stereocenters. The number of hydrogen-bond acceptors (Lipinski definition) is 2. The van der Waals surface area contributed by atoms with E-state index in [4.69, 9.17) is 5.41 Å². The van der Waals surface area contributed by atoms with Crippen molar-refractivity contribution in [2.24, 2.45) is 0 Å². The molecule has 0 saturated heterocycles. The van der Waals surface area contributed by atoms with Gasteiger partial charge in [-0.3, -0.25) is 10.4 Å². The number of benzene rings is 1. The van der Waals surface area contributed by atoms with Gasteiger partial charge in [-0.25, -0.2) is 0 Å². The van der Waals surface area contributed by atoms with Gasteiger partial charge in [0.2, 0.25) is 0 Å². The maximum absolute atomic E-state index is 8.07. The zero-order valence-corrected chi connectivity index (χ0v) is 9.09. The van der Waals surface area contributed by atoms with Gasteiger partial charge in [0.15, 0.2) is 0 Å². The number of amidine groups is 1. The second kappa shape index (κ2) is 4.57. The lowest BCUT2D eigenvalue weighted by Gasteiger charge is -2.19. The minimum Gasteiger partial charge on any atom is -0.329 e. The summed E-state index contributed by atoms with van der Waals surface area (Å²) < 4.78 is 0. The van der Waals surface area contributed by atoms with Crippen molar-refractivity contribution in [2.45, 2.75) is 0 Å². The zero-order chi connectivity index (χ0) is 11.4. The third-order valence-electron chi connectivity index (χ3n) is 2.43. The average Bonchev–Trinajstić information content (AvgIpc) is 2.39. The summed E-state index contributed by atoms with van der Waals surface area (Å²) in [5.74, 6) is 0.466. The number of anilines is 1. The molecule has 1 aromatic carbocycles. The van der Waals surface area contributed by atoms with E-state index in [1.165, 1.54) is 0 Å². The van der Waals surface area contributed by atoms with Gasteiger partial charge < -0.3 is 4.90 Å². The molecule has 1 heterocycles. The fourth-order valence-corrected chi connectivity index (χ4v) is 1.48. The van der Waals surface area contributed by atoms with Crippen LogP contribution in [-0.4, -0.2) is 17.9 Å². The monoisotopic (exact) mass is 211 g/mol. The molecule has 16 heavy (non-hydrogen) atoms. The molecule has 3 nitrogen and oxygen atoms in total. The Balaban J connectivity index is 2.24. The molecule has 0 radical (unpaired) electrons. The summed E-state index contributed by atoms with van der Waals surface area (Å²) in [4.78, 5) is 5.79. The highest BCUT2D eigenvalue weighted by Gasteiger charge is 2.08. The Bertz CT molecular complexity index is 465. The van der Waals surface area contributed by atoms with Gasteiger partial charge in [0, 0.05) is 30.7 Å². The van der Waals surface area contributed by atoms with Gasteiger partial charge in [0.25, 0.3) is 0 Å². The second-order valence-electron chi connectivity index (χ2n) is 3.48. The number of para-hydroxylation sites is 1. The van der Waals surface area contributed by atoms with Crippen LogP contribution in [0.4, 0.5) is 5.69 Å². The first kappa shape index (κ1) is 10.4. The van der Waals surface area contributed by atoms with Crippen molar-refractivity contribution in [1.82, 2.24) is 4.98 Å². The predicted octanol–water partition coefficient (Wildman–Crippen LogP) is 2.54. The van der Waals surface area contributed by atoms with Crippen molar-refractivity contribution in [3.05, 3.63) is 60.4 Å². The molecule has 0 atom stereocenters. The molecule has 1 aromatic heterocycles. The first-order chi connectivity index (χ1) is 7.79. The maximum Gasteiger partial charge on any atom is 0.132 e. The van der Waals surface area contributed by atoms with Crippen LogP contribution in [0.25, 0.3) is 0 Å². The van der Waals surface area contributed by atoms with Crippen LogP contribution >= 0.6 is 0 Å². The summed E-state index contributed by atoms with van der Waals surface area (Å²) in [6.07, 6.45) is 3.39. The molecular weight excluding hydrogens is 198 g/mol. The topological polar surface area (TPSA) is 40.0 Å². The summed E-state index contributed by atoms with van der Waals surface area (Å²) >= 11 is 0. The Morgan fingerprint density at radius 1 is 1.06 bits per heavy atom. The molecule has 2 aromatic rings. The minimum absolute atomic E-state index is 0.466. The van der Waals surface area contributed by atoms with Crippen LogP contribution < -0.4 is 4.90 Å². The molecule has 0 aliphatic rings. The van der Waals surface area contributed by atoms with Gasteiger partial charge >= 0.3 is 0 Å². The van der Waals surface area contributed by atoms with E-state index >= 15 is 0 Å². The van der Waals surface area contributed by atoms with Gasteiger partial charge in [0.05, 0.1) is 0 Å². The van der Waals surface area contributed by atoms with E-state index in [1.807, 2.05) is 54.4 Å². The molecule has 0 spiro atoms. The number of nitrogens with zero attached hydrogens (tertiary/aromatic N) is 2. The van der Waals surface area contributed by atoms with E-state index in [-0.39, 0.29) is 0 Å². The largest absolute Gasteiger partial charge is 0.329 e. The second-order valence-corrected chi connectivity index (χ2v) is 3.48. The number of nitrogens with one attached hydrogen (secondary N) is 1. The molecule has 0 saturated carbocycles. The van der Waals surface area contributed by atoms with E-state index in [0.29, 0.717) is 5.84 Å². The number of hydrogen-bond donors (Lipinski definition) is 1. The average molecular weight is 211 g/mol. The Kier molecular flexibility index (Phi) is 2.96. The summed E-state index contributed by atoms with van der Waals surface area (Å²) in [6.45, 7) is 0. The fraction of sp³-hybridized carbons (Fsp3) is 0.0769. The van der Waals surface area contributed by atoms with Crippen LogP contribution in [-0.2, 0) is 0 Å². The van der Waals surface area contributed by atoms with Crippen LogP contribution in [0.5, 0.6) is 0 Å². The number of aromatic nitrogens is 1. The van der Waals surface area contributed by atoms with Gasteiger partial charge in [-0.15, -0.1) is 0 Å². The van der Waals surface area contributed by atoms with Crippen molar-refractivity contribution < 1.29 is 0 Å². The Morgan fingerprint density at radius 2 is 1.69 bits per heavy atom. The number of rotatable bonds is 2. The summed E-state index contributed by atoms with van der Waals surface area (Å²) in [6, 6.07) is 13.5. The highest BCUT2D eigenvalue weighted by Crippen LogP contribution is 2.13. The van der Waals surface area contributed by atoms with Gasteiger partial charge in [-0.05, 0) is 24.3 Å². The fourth-order valence-electron chi connectivity index (χ4n) is 1.48. The minimum atomic E-state index is 0.466. The smallest absolute Gasteiger partial charge is 0.132 e. The normalized spacial score (nSPS) is 9.81. The highest BCUT2D eigenvalue weighted by molar-refractivity contribution is 6.07. The van der Waals surface area contributed by atoms with Crippen molar-refractivity contribution in [3.8, 4) is 0 Å². The van der Waals surface area contributed by atoms with E-state index in [2.05, 4.69) is 4.98 Å². The maximum atomic E-state index is 8.07. The van der Waals surface area contributed by atoms with E-state index < -0.39 is 0 Å². The molecule has 0 fully saturated rings. The van der Waals surface area contributed by atoms with Gasteiger partial charge in [-0.1, -0.05) is 18.2 Å². The Morgan fingerprint density at radius 3 is 2.31 bits per heavy atom. The molecule has 0 aliphatic carbocycles. The van der Waals surface area contributed by atoms with Crippen LogP contribution in [0.3, 0.4) is 0 Å². The zero-order valence-electron chi connectivity index (χ0n) is 9.09. The van der Waals surface area contributed by atoms with Crippen molar-refractivity contribution in [3.63, 3.8) is 0 Å². The van der Waals surface area contributed by atoms with E-state index in [1.54, 1.807) is 12.4 Å². The van der Waals surface area contributed by atoms with Crippen molar-refractivity contribution in [2.75, 3.05) is 11.9 Å².